The lowest BCUT2D eigenvalue weighted by Gasteiger charge is -2.09. The van der Waals surface area contributed by atoms with Crippen molar-refractivity contribution in [2.75, 3.05) is 0 Å². The highest BCUT2D eigenvalue weighted by Crippen LogP contribution is 2.35. The van der Waals surface area contributed by atoms with Gasteiger partial charge in [-0.05, 0) is 28.9 Å². The molecule has 0 atom stereocenters. The Morgan fingerprint density at radius 1 is 1.55 bits per heavy atom. The molecule has 20 heavy (non-hydrogen) atoms. The number of para-hydroxylation sites is 1. The Bertz CT molecular complexity index is 672. The summed E-state index contributed by atoms with van der Waals surface area (Å²) in [5, 5.41) is 15.4. The molecule has 1 aromatic carbocycles. The van der Waals surface area contributed by atoms with E-state index >= 15 is 0 Å². The Balaban J connectivity index is 2.30. The molecule has 0 saturated carbocycles. The van der Waals surface area contributed by atoms with Crippen molar-refractivity contribution in [2.24, 2.45) is 7.05 Å². The van der Waals surface area contributed by atoms with Crippen LogP contribution in [-0.4, -0.2) is 14.7 Å². The van der Waals surface area contributed by atoms with Crippen LogP contribution in [-0.2, 0) is 13.7 Å². The van der Waals surface area contributed by atoms with Gasteiger partial charge in [-0.3, -0.25) is 14.8 Å². The normalized spacial score (nSPS) is 10.6. The Morgan fingerprint density at radius 2 is 2.25 bits per heavy atom. The molecular formula is C12H11BrClN3O3. The summed E-state index contributed by atoms with van der Waals surface area (Å²) in [6, 6.07) is 4.41. The van der Waals surface area contributed by atoms with Gasteiger partial charge in [-0.15, -0.1) is 0 Å². The first-order valence-corrected chi connectivity index (χ1v) is 6.82. The lowest BCUT2D eigenvalue weighted by molar-refractivity contribution is -0.385. The van der Waals surface area contributed by atoms with Crippen molar-refractivity contribution in [1.82, 2.24) is 9.78 Å². The molecule has 1 aromatic heterocycles. The van der Waals surface area contributed by atoms with Crippen LogP contribution in [0.15, 0.2) is 22.7 Å². The van der Waals surface area contributed by atoms with Gasteiger partial charge in [-0.2, -0.15) is 5.10 Å². The summed E-state index contributed by atoms with van der Waals surface area (Å²) in [7, 11) is 1.78. The third kappa shape index (κ3) is 2.78. The van der Waals surface area contributed by atoms with Gasteiger partial charge in [-0.1, -0.05) is 17.7 Å². The largest absolute Gasteiger partial charge is 0.479 e. The van der Waals surface area contributed by atoms with Crippen molar-refractivity contribution >= 4 is 33.2 Å². The molecule has 0 radical (unpaired) electrons. The molecule has 106 valence electrons. The SMILES string of the molecule is Cc1nn(C)c(COc2c(Cl)cccc2[N+](=O)[O-])c1Br. The Kier molecular flexibility index (Phi) is 4.29. The third-order valence-corrected chi connectivity index (χ3v) is 4.09. The molecule has 0 aliphatic heterocycles. The molecule has 1 heterocycles. The predicted molar refractivity (Wildman–Crippen MR) is 78.1 cm³/mol. The zero-order valence-electron chi connectivity index (χ0n) is 10.8. The number of ether oxygens (including phenoxy) is 1. The van der Waals surface area contributed by atoms with Crippen LogP contribution in [0.3, 0.4) is 0 Å². The molecule has 0 amide bonds. The summed E-state index contributed by atoms with van der Waals surface area (Å²) in [6.45, 7) is 1.98. The van der Waals surface area contributed by atoms with E-state index in [0.717, 1.165) is 15.9 Å². The van der Waals surface area contributed by atoms with Crippen LogP contribution >= 0.6 is 27.5 Å². The van der Waals surface area contributed by atoms with Gasteiger partial charge in [0.05, 0.1) is 25.8 Å². The minimum atomic E-state index is -0.523. The van der Waals surface area contributed by atoms with Crippen molar-refractivity contribution in [3.05, 3.63) is 49.2 Å². The first kappa shape index (κ1) is 14.8. The smallest absolute Gasteiger partial charge is 0.312 e. The van der Waals surface area contributed by atoms with Crippen LogP contribution in [0.2, 0.25) is 5.02 Å². The van der Waals surface area contributed by atoms with E-state index < -0.39 is 4.92 Å². The minimum absolute atomic E-state index is 0.0601. The van der Waals surface area contributed by atoms with E-state index in [4.69, 9.17) is 16.3 Å². The number of nitro groups is 1. The molecule has 0 bridgehead atoms. The first-order valence-electron chi connectivity index (χ1n) is 5.65. The van der Waals surface area contributed by atoms with Gasteiger partial charge in [0.15, 0.2) is 0 Å². The maximum absolute atomic E-state index is 11.0. The van der Waals surface area contributed by atoms with Gasteiger partial charge in [0.2, 0.25) is 5.75 Å². The maximum Gasteiger partial charge on any atom is 0.312 e. The molecule has 0 aliphatic rings. The quantitative estimate of drug-likeness (QED) is 0.616. The number of hydrogen-bond acceptors (Lipinski definition) is 4. The number of hydrogen-bond donors (Lipinski definition) is 0. The van der Waals surface area contributed by atoms with Crippen LogP contribution in [0.1, 0.15) is 11.4 Å². The average molecular weight is 361 g/mol. The van der Waals surface area contributed by atoms with Crippen LogP contribution in [0.5, 0.6) is 5.75 Å². The highest BCUT2D eigenvalue weighted by molar-refractivity contribution is 9.10. The molecule has 0 fully saturated rings. The number of rotatable bonds is 4. The summed E-state index contributed by atoms with van der Waals surface area (Å²) in [4.78, 5) is 10.4. The lowest BCUT2D eigenvalue weighted by Crippen LogP contribution is -2.05. The molecule has 2 aromatic rings. The molecule has 0 N–H and O–H groups in total. The van der Waals surface area contributed by atoms with Crippen molar-refractivity contribution in [3.8, 4) is 5.75 Å². The second kappa shape index (κ2) is 5.80. The second-order valence-electron chi connectivity index (χ2n) is 4.10. The van der Waals surface area contributed by atoms with E-state index in [2.05, 4.69) is 21.0 Å². The molecular weight excluding hydrogens is 350 g/mol. The molecule has 0 unspecified atom stereocenters. The molecule has 0 saturated heterocycles. The first-order chi connectivity index (χ1) is 9.41. The zero-order chi connectivity index (χ0) is 14.9. The lowest BCUT2D eigenvalue weighted by atomic mass is 10.3. The highest BCUT2D eigenvalue weighted by atomic mass is 79.9. The fraction of sp³-hybridized carbons (Fsp3) is 0.250. The number of nitrogens with zero attached hydrogens (tertiary/aromatic N) is 3. The molecule has 8 heteroatoms. The Hall–Kier alpha value is -1.60. The van der Waals surface area contributed by atoms with E-state index in [-0.39, 0.29) is 23.1 Å². The number of nitro benzene ring substituents is 1. The molecule has 2 rings (SSSR count). The summed E-state index contributed by atoms with van der Waals surface area (Å²) in [5.74, 6) is 0.0601. The standard InChI is InChI=1S/C12H11BrClN3O3/c1-7-11(13)10(16(2)15-7)6-20-12-8(14)4-3-5-9(12)17(18)19/h3-5H,6H2,1-2H3. The van der Waals surface area contributed by atoms with E-state index in [1.54, 1.807) is 17.8 Å². The van der Waals surface area contributed by atoms with E-state index in [9.17, 15) is 10.1 Å². The average Bonchev–Trinajstić information content (AvgIpc) is 2.62. The fourth-order valence-corrected chi connectivity index (χ4v) is 2.44. The Morgan fingerprint density at radius 3 is 2.80 bits per heavy atom. The summed E-state index contributed by atoms with van der Waals surface area (Å²) < 4.78 is 8.00. The fourth-order valence-electron chi connectivity index (χ4n) is 1.76. The molecule has 0 aliphatic carbocycles. The van der Waals surface area contributed by atoms with Gasteiger partial charge in [0.25, 0.3) is 0 Å². The van der Waals surface area contributed by atoms with Crippen LogP contribution in [0, 0.1) is 17.0 Å². The van der Waals surface area contributed by atoms with Gasteiger partial charge in [0, 0.05) is 13.1 Å². The van der Waals surface area contributed by atoms with Crippen LogP contribution in [0.4, 0.5) is 5.69 Å². The summed E-state index contributed by atoms with van der Waals surface area (Å²) in [6.07, 6.45) is 0. The predicted octanol–water partition coefficient (Wildman–Crippen LogP) is 3.63. The van der Waals surface area contributed by atoms with Crippen LogP contribution in [0.25, 0.3) is 0 Å². The van der Waals surface area contributed by atoms with Crippen LogP contribution < -0.4 is 4.74 Å². The topological polar surface area (TPSA) is 70.2 Å². The van der Waals surface area contributed by atoms with E-state index in [0.29, 0.717) is 0 Å². The molecule has 0 spiro atoms. The highest BCUT2D eigenvalue weighted by Gasteiger charge is 2.20. The summed E-state index contributed by atoms with van der Waals surface area (Å²) in [5.41, 5.74) is 1.43. The number of aryl methyl sites for hydroxylation is 2. The van der Waals surface area contributed by atoms with Gasteiger partial charge in [-0.25, -0.2) is 0 Å². The molecule has 6 nitrogen and oxygen atoms in total. The van der Waals surface area contributed by atoms with Gasteiger partial charge >= 0.3 is 5.69 Å². The van der Waals surface area contributed by atoms with Crippen molar-refractivity contribution in [1.29, 1.82) is 0 Å². The second-order valence-corrected chi connectivity index (χ2v) is 5.30. The maximum atomic E-state index is 11.0. The monoisotopic (exact) mass is 359 g/mol. The zero-order valence-corrected chi connectivity index (χ0v) is 13.1. The Labute approximate surface area is 128 Å². The van der Waals surface area contributed by atoms with Crippen molar-refractivity contribution in [3.63, 3.8) is 0 Å². The van der Waals surface area contributed by atoms with E-state index in [1.807, 2.05) is 6.92 Å². The third-order valence-electron chi connectivity index (χ3n) is 2.76. The van der Waals surface area contributed by atoms with Crippen molar-refractivity contribution < 1.29 is 9.66 Å². The summed E-state index contributed by atoms with van der Waals surface area (Å²) >= 11 is 9.37. The number of halogens is 2. The number of benzene rings is 1. The van der Waals surface area contributed by atoms with E-state index in [1.165, 1.54) is 12.1 Å². The van der Waals surface area contributed by atoms with Gasteiger partial charge < -0.3 is 4.74 Å². The minimum Gasteiger partial charge on any atom is -0.479 e. The van der Waals surface area contributed by atoms with Gasteiger partial charge in [0.1, 0.15) is 6.61 Å². The number of aromatic nitrogens is 2. The van der Waals surface area contributed by atoms with Crippen molar-refractivity contribution in [2.45, 2.75) is 13.5 Å².